The summed E-state index contributed by atoms with van der Waals surface area (Å²) in [4.78, 5) is 4.22. The molecule has 0 saturated carbocycles. The molecule has 1 saturated heterocycles. The number of hydrogen-bond donors (Lipinski definition) is 0. The molecule has 1 aliphatic heterocycles. The standard InChI is InChI=1S/C6H7BrN2OS2/c7-6-8-5(9-12-6)4-3-11-2-1-10-4/h4H,1-3H2. The minimum absolute atomic E-state index is 0.103. The summed E-state index contributed by atoms with van der Waals surface area (Å²) >= 11 is 6.54. The van der Waals surface area contributed by atoms with Gasteiger partial charge in [-0.2, -0.15) is 16.1 Å². The molecular formula is C6H7BrN2OS2. The van der Waals surface area contributed by atoms with Crippen LogP contribution in [0.2, 0.25) is 0 Å². The lowest BCUT2D eigenvalue weighted by Crippen LogP contribution is -2.16. The molecule has 1 fully saturated rings. The highest BCUT2D eigenvalue weighted by atomic mass is 79.9. The maximum Gasteiger partial charge on any atom is 0.179 e. The van der Waals surface area contributed by atoms with E-state index in [1.807, 2.05) is 11.8 Å². The lowest BCUT2D eigenvalue weighted by atomic mass is 10.4. The van der Waals surface area contributed by atoms with Gasteiger partial charge >= 0.3 is 0 Å². The Balaban J connectivity index is 2.08. The van der Waals surface area contributed by atoms with Gasteiger partial charge in [0.25, 0.3) is 0 Å². The Labute approximate surface area is 87.2 Å². The number of aromatic nitrogens is 2. The Morgan fingerprint density at radius 3 is 3.08 bits per heavy atom. The van der Waals surface area contributed by atoms with E-state index in [1.165, 1.54) is 11.5 Å². The molecule has 1 atom stereocenters. The molecule has 12 heavy (non-hydrogen) atoms. The Kier molecular flexibility index (Phi) is 3.00. The average Bonchev–Trinajstić information content (AvgIpc) is 2.54. The predicted octanol–water partition coefficient (Wildman–Crippen LogP) is 2.11. The van der Waals surface area contributed by atoms with Crippen LogP contribution in [0.3, 0.4) is 0 Å². The van der Waals surface area contributed by atoms with Crippen LogP contribution in [0, 0.1) is 0 Å². The van der Waals surface area contributed by atoms with Crippen LogP contribution in [0.4, 0.5) is 0 Å². The monoisotopic (exact) mass is 266 g/mol. The van der Waals surface area contributed by atoms with Crippen molar-refractivity contribution in [3.8, 4) is 0 Å². The molecule has 2 heterocycles. The van der Waals surface area contributed by atoms with Crippen molar-refractivity contribution < 1.29 is 4.74 Å². The summed E-state index contributed by atoms with van der Waals surface area (Å²) in [5.74, 6) is 2.88. The molecule has 0 bridgehead atoms. The second-order valence-electron chi connectivity index (χ2n) is 2.34. The van der Waals surface area contributed by atoms with Gasteiger partial charge in [0.2, 0.25) is 0 Å². The van der Waals surface area contributed by atoms with Gasteiger partial charge in [0.15, 0.2) is 9.74 Å². The molecule has 3 nitrogen and oxygen atoms in total. The van der Waals surface area contributed by atoms with Crippen molar-refractivity contribution in [1.82, 2.24) is 9.36 Å². The van der Waals surface area contributed by atoms with Crippen molar-refractivity contribution in [1.29, 1.82) is 0 Å². The molecule has 0 radical (unpaired) electrons. The van der Waals surface area contributed by atoms with E-state index in [0.29, 0.717) is 0 Å². The summed E-state index contributed by atoms with van der Waals surface area (Å²) in [5.41, 5.74) is 0. The molecule has 1 unspecified atom stereocenters. The molecule has 0 N–H and O–H groups in total. The van der Waals surface area contributed by atoms with Gasteiger partial charge in [0.1, 0.15) is 6.10 Å². The molecule has 0 amide bonds. The highest BCUT2D eigenvalue weighted by Crippen LogP contribution is 2.26. The zero-order valence-electron chi connectivity index (χ0n) is 6.20. The maximum atomic E-state index is 5.52. The lowest BCUT2D eigenvalue weighted by Gasteiger charge is -2.19. The van der Waals surface area contributed by atoms with E-state index < -0.39 is 0 Å². The van der Waals surface area contributed by atoms with Crippen molar-refractivity contribution in [2.24, 2.45) is 0 Å². The summed E-state index contributed by atoms with van der Waals surface area (Å²) in [6.45, 7) is 0.812. The molecular weight excluding hydrogens is 260 g/mol. The van der Waals surface area contributed by atoms with E-state index in [2.05, 4.69) is 25.3 Å². The summed E-state index contributed by atoms with van der Waals surface area (Å²) in [5, 5.41) is 0. The van der Waals surface area contributed by atoms with Crippen LogP contribution in [0.15, 0.2) is 3.92 Å². The van der Waals surface area contributed by atoms with E-state index in [9.17, 15) is 0 Å². The minimum Gasteiger partial charge on any atom is -0.368 e. The second-order valence-corrected chi connectivity index (χ2v) is 5.52. The molecule has 2 rings (SSSR count). The van der Waals surface area contributed by atoms with Crippen LogP contribution >= 0.6 is 39.2 Å². The topological polar surface area (TPSA) is 35.0 Å². The quantitative estimate of drug-likeness (QED) is 0.780. The first kappa shape index (κ1) is 8.93. The second kappa shape index (κ2) is 4.04. The lowest BCUT2D eigenvalue weighted by molar-refractivity contribution is 0.0702. The zero-order chi connectivity index (χ0) is 8.39. The molecule has 0 aliphatic carbocycles. The van der Waals surface area contributed by atoms with Crippen LogP contribution in [0.1, 0.15) is 11.9 Å². The third-order valence-electron chi connectivity index (χ3n) is 1.52. The van der Waals surface area contributed by atoms with E-state index in [4.69, 9.17) is 4.74 Å². The van der Waals surface area contributed by atoms with Gasteiger partial charge in [-0.15, -0.1) is 0 Å². The predicted molar refractivity (Wildman–Crippen MR) is 53.6 cm³/mol. The maximum absolute atomic E-state index is 5.52. The summed E-state index contributed by atoms with van der Waals surface area (Å²) in [6, 6.07) is 0. The molecule has 1 aromatic heterocycles. The van der Waals surface area contributed by atoms with Gasteiger partial charge in [0, 0.05) is 11.5 Å². The van der Waals surface area contributed by atoms with Crippen LogP contribution in [0.5, 0.6) is 0 Å². The first-order valence-corrected chi connectivity index (χ1v) is 6.27. The SMILES string of the molecule is Brc1nc(C2CSCCO2)ns1. The van der Waals surface area contributed by atoms with E-state index in [0.717, 1.165) is 27.9 Å². The highest BCUT2D eigenvalue weighted by molar-refractivity contribution is 9.11. The Bertz CT molecular complexity index is 262. The Morgan fingerprint density at radius 2 is 2.50 bits per heavy atom. The van der Waals surface area contributed by atoms with E-state index >= 15 is 0 Å². The average molecular weight is 267 g/mol. The highest BCUT2D eigenvalue weighted by Gasteiger charge is 2.20. The van der Waals surface area contributed by atoms with Crippen molar-refractivity contribution in [2.45, 2.75) is 6.10 Å². The summed E-state index contributed by atoms with van der Waals surface area (Å²) in [6.07, 6.45) is 0.103. The third-order valence-corrected chi connectivity index (χ3v) is 3.65. The molecule has 0 aromatic carbocycles. The van der Waals surface area contributed by atoms with Crippen molar-refractivity contribution in [2.75, 3.05) is 18.1 Å². The fraction of sp³-hybridized carbons (Fsp3) is 0.667. The largest absolute Gasteiger partial charge is 0.368 e. The Hall–Kier alpha value is 0.350. The molecule has 0 spiro atoms. The molecule has 1 aromatic rings. The number of halogens is 1. The molecule has 66 valence electrons. The Morgan fingerprint density at radius 1 is 1.58 bits per heavy atom. The fourth-order valence-electron chi connectivity index (χ4n) is 0.983. The van der Waals surface area contributed by atoms with Gasteiger partial charge in [0.05, 0.1) is 6.61 Å². The normalized spacial score (nSPS) is 24.2. The molecule has 6 heteroatoms. The molecule has 1 aliphatic rings. The number of thioether (sulfide) groups is 1. The van der Waals surface area contributed by atoms with Crippen LogP contribution in [0.25, 0.3) is 0 Å². The van der Waals surface area contributed by atoms with Crippen molar-refractivity contribution >= 4 is 39.2 Å². The minimum atomic E-state index is 0.103. The number of rotatable bonds is 1. The third kappa shape index (κ3) is 1.99. The zero-order valence-corrected chi connectivity index (χ0v) is 9.41. The van der Waals surface area contributed by atoms with Crippen molar-refractivity contribution in [3.05, 3.63) is 9.74 Å². The number of ether oxygens (including phenoxy) is 1. The number of nitrogens with zero attached hydrogens (tertiary/aromatic N) is 2. The van der Waals surface area contributed by atoms with Gasteiger partial charge in [-0.3, -0.25) is 0 Å². The number of hydrogen-bond acceptors (Lipinski definition) is 5. The first-order valence-electron chi connectivity index (χ1n) is 3.55. The van der Waals surface area contributed by atoms with Crippen molar-refractivity contribution in [3.63, 3.8) is 0 Å². The van der Waals surface area contributed by atoms with Gasteiger partial charge < -0.3 is 4.74 Å². The summed E-state index contributed by atoms with van der Waals surface area (Å²) < 4.78 is 10.5. The van der Waals surface area contributed by atoms with Crippen LogP contribution in [-0.4, -0.2) is 27.5 Å². The van der Waals surface area contributed by atoms with E-state index in [1.54, 1.807) is 0 Å². The smallest absolute Gasteiger partial charge is 0.179 e. The van der Waals surface area contributed by atoms with Gasteiger partial charge in [-0.05, 0) is 27.5 Å². The van der Waals surface area contributed by atoms with Gasteiger partial charge in [-0.1, -0.05) is 0 Å². The summed E-state index contributed by atoms with van der Waals surface area (Å²) in [7, 11) is 0. The fourth-order valence-corrected chi connectivity index (χ4v) is 2.68. The van der Waals surface area contributed by atoms with Gasteiger partial charge in [-0.25, -0.2) is 4.98 Å². The van der Waals surface area contributed by atoms with Crippen LogP contribution < -0.4 is 0 Å². The van der Waals surface area contributed by atoms with E-state index in [-0.39, 0.29) is 6.10 Å². The first-order chi connectivity index (χ1) is 5.86. The van der Waals surface area contributed by atoms with Crippen LogP contribution in [-0.2, 0) is 4.74 Å².